The van der Waals surface area contributed by atoms with Crippen LogP contribution in [0.15, 0.2) is 12.1 Å². The molecule has 100 valence electrons. The van der Waals surface area contributed by atoms with Gasteiger partial charge >= 0.3 is 0 Å². The summed E-state index contributed by atoms with van der Waals surface area (Å²) < 4.78 is 0. The monoisotopic (exact) mass is 249 g/mol. The van der Waals surface area contributed by atoms with Crippen LogP contribution in [-0.2, 0) is 6.42 Å². The zero-order valence-corrected chi connectivity index (χ0v) is 10.9. The lowest BCUT2D eigenvalue weighted by molar-refractivity contribution is 0.350. The van der Waals surface area contributed by atoms with Crippen molar-refractivity contribution in [2.45, 2.75) is 19.4 Å². The van der Waals surface area contributed by atoms with E-state index in [1.165, 1.54) is 0 Å². The maximum Gasteiger partial charge on any atom is 0.123 e. The third-order valence-corrected chi connectivity index (χ3v) is 3.73. The van der Waals surface area contributed by atoms with Crippen LogP contribution < -0.4 is 22.5 Å². The van der Waals surface area contributed by atoms with E-state index in [4.69, 9.17) is 17.2 Å². The fourth-order valence-electron chi connectivity index (χ4n) is 2.79. The van der Waals surface area contributed by atoms with Gasteiger partial charge in [0.05, 0.1) is 0 Å². The summed E-state index contributed by atoms with van der Waals surface area (Å²) >= 11 is 0. The summed E-state index contributed by atoms with van der Waals surface area (Å²) in [6.07, 6.45) is 0.914. The molecule has 0 radical (unpaired) electrons. The Bertz CT molecular complexity index is 386. The summed E-state index contributed by atoms with van der Waals surface area (Å²) in [7, 11) is 0. The highest BCUT2D eigenvalue weighted by atomic mass is 14.9. The van der Waals surface area contributed by atoms with Crippen molar-refractivity contribution < 1.29 is 0 Å². The van der Waals surface area contributed by atoms with Crippen LogP contribution in [0.3, 0.4) is 0 Å². The molecule has 1 unspecified atom stereocenters. The lowest BCUT2D eigenvalue weighted by Crippen LogP contribution is -2.41. The van der Waals surface area contributed by atoms with Crippen LogP contribution in [0.5, 0.6) is 0 Å². The van der Waals surface area contributed by atoms with Gasteiger partial charge in [-0.05, 0) is 56.0 Å². The fraction of sp³-hybridized carbons (Fsp3) is 0.615. The lowest BCUT2D eigenvalue weighted by Gasteiger charge is -2.23. The molecule has 0 aliphatic carbocycles. The van der Waals surface area contributed by atoms with Gasteiger partial charge in [-0.25, -0.2) is 4.98 Å². The topological polar surface area (TPSA) is 103 Å². The molecule has 0 bridgehead atoms. The molecule has 1 aromatic rings. The van der Waals surface area contributed by atoms with Gasteiger partial charge in [-0.2, -0.15) is 0 Å². The molecule has 0 aromatic carbocycles. The van der Waals surface area contributed by atoms with Crippen LogP contribution in [-0.4, -0.2) is 30.7 Å². The molecule has 7 N–H and O–H groups in total. The first-order chi connectivity index (χ1) is 8.60. The quantitative estimate of drug-likeness (QED) is 0.583. The first-order valence-corrected chi connectivity index (χ1v) is 6.49. The SMILES string of the molecule is Cc1cc(N)nc(C[C@H]2CNC[C@H]2C(N)CN)c1. The molecule has 0 spiro atoms. The fourth-order valence-corrected chi connectivity index (χ4v) is 2.79. The maximum absolute atomic E-state index is 6.07. The van der Waals surface area contributed by atoms with Crippen LogP contribution in [0.1, 0.15) is 11.3 Å². The molecule has 1 aromatic heterocycles. The number of hydrogen-bond donors (Lipinski definition) is 4. The Balaban J connectivity index is 2.08. The van der Waals surface area contributed by atoms with Gasteiger partial charge in [-0.1, -0.05) is 0 Å². The van der Waals surface area contributed by atoms with Crippen molar-refractivity contribution in [3.05, 3.63) is 23.4 Å². The van der Waals surface area contributed by atoms with Crippen molar-refractivity contribution >= 4 is 5.82 Å². The Morgan fingerprint density at radius 3 is 2.89 bits per heavy atom. The summed E-state index contributed by atoms with van der Waals surface area (Å²) in [6.45, 7) is 4.50. The number of nitrogen functional groups attached to an aromatic ring is 1. The number of aromatic nitrogens is 1. The summed E-state index contributed by atoms with van der Waals surface area (Å²) in [5.41, 5.74) is 19.7. The third kappa shape index (κ3) is 2.98. The highest BCUT2D eigenvalue weighted by molar-refractivity contribution is 5.34. The number of anilines is 1. The molecule has 1 aliphatic heterocycles. The second-order valence-corrected chi connectivity index (χ2v) is 5.25. The van der Waals surface area contributed by atoms with E-state index in [9.17, 15) is 0 Å². The second-order valence-electron chi connectivity index (χ2n) is 5.25. The summed E-state index contributed by atoms with van der Waals surface area (Å²) in [5.74, 6) is 1.52. The van der Waals surface area contributed by atoms with Crippen molar-refractivity contribution in [1.29, 1.82) is 0 Å². The van der Waals surface area contributed by atoms with E-state index in [1.54, 1.807) is 0 Å². The van der Waals surface area contributed by atoms with E-state index in [1.807, 2.05) is 13.0 Å². The summed E-state index contributed by atoms with van der Waals surface area (Å²) in [5, 5.41) is 3.39. The maximum atomic E-state index is 6.07. The van der Waals surface area contributed by atoms with E-state index in [2.05, 4.69) is 16.4 Å². The van der Waals surface area contributed by atoms with Crippen LogP contribution in [0.2, 0.25) is 0 Å². The normalized spacial score (nSPS) is 25.3. The van der Waals surface area contributed by atoms with Gasteiger partial charge in [-0.15, -0.1) is 0 Å². The zero-order chi connectivity index (χ0) is 13.1. The predicted molar refractivity (Wildman–Crippen MR) is 74.0 cm³/mol. The molecule has 0 saturated carbocycles. The largest absolute Gasteiger partial charge is 0.384 e. The van der Waals surface area contributed by atoms with Gasteiger partial charge < -0.3 is 22.5 Å². The number of hydrogen-bond acceptors (Lipinski definition) is 5. The Labute approximate surface area is 108 Å². The van der Waals surface area contributed by atoms with Gasteiger partial charge in [0.2, 0.25) is 0 Å². The Kier molecular flexibility index (Phi) is 4.16. The Morgan fingerprint density at radius 2 is 2.22 bits per heavy atom. The highest BCUT2D eigenvalue weighted by Gasteiger charge is 2.31. The van der Waals surface area contributed by atoms with Crippen LogP contribution in [0.25, 0.3) is 0 Å². The van der Waals surface area contributed by atoms with Crippen molar-refractivity contribution in [3.8, 4) is 0 Å². The van der Waals surface area contributed by atoms with Gasteiger partial charge in [-0.3, -0.25) is 0 Å². The molecule has 1 saturated heterocycles. The summed E-state index contributed by atoms with van der Waals surface area (Å²) in [4.78, 5) is 4.40. The van der Waals surface area contributed by atoms with Gasteiger partial charge in [0, 0.05) is 18.3 Å². The van der Waals surface area contributed by atoms with Gasteiger partial charge in [0.15, 0.2) is 0 Å². The number of nitrogens with two attached hydrogens (primary N) is 3. The van der Waals surface area contributed by atoms with Crippen molar-refractivity contribution in [2.24, 2.45) is 23.3 Å². The molecule has 18 heavy (non-hydrogen) atoms. The average Bonchev–Trinajstić information content (AvgIpc) is 2.74. The smallest absolute Gasteiger partial charge is 0.123 e. The number of aryl methyl sites for hydroxylation is 1. The van der Waals surface area contributed by atoms with Crippen LogP contribution in [0.4, 0.5) is 5.82 Å². The number of nitrogens with zero attached hydrogens (tertiary/aromatic N) is 1. The zero-order valence-electron chi connectivity index (χ0n) is 10.9. The van der Waals surface area contributed by atoms with Crippen molar-refractivity contribution in [1.82, 2.24) is 10.3 Å². The average molecular weight is 249 g/mol. The van der Waals surface area contributed by atoms with E-state index >= 15 is 0 Å². The van der Waals surface area contributed by atoms with Gasteiger partial charge in [0.1, 0.15) is 5.82 Å². The van der Waals surface area contributed by atoms with Crippen molar-refractivity contribution in [2.75, 3.05) is 25.4 Å². The first-order valence-electron chi connectivity index (χ1n) is 6.49. The molecule has 5 nitrogen and oxygen atoms in total. The molecule has 3 atom stereocenters. The molecule has 1 aliphatic rings. The standard InChI is InChI=1S/C13H23N5/c1-8-2-10(18-13(16)3-8)4-9-6-17-7-11(9)12(15)5-14/h2-3,9,11-12,17H,4-7,14-15H2,1H3,(H2,16,18)/t9-,11+,12?/m0/s1. The molecule has 2 rings (SSSR count). The first kappa shape index (κ1) is 13.3. The third-order valence-electron chi connectivity index (χ3n) is 3.73. The number of nitrogens with one attached hydrogen (secondary N) is 1. The molecular weight excluding hydrogens is 226 g/mol. The Hall–Kier alpha value is -1.17. The van der Waals surface area contributed by atoms with E-state index in [0.717, 1.165) is 30.8 Å². The molecule has 2 heterocycles. The van der Waals surface area contributed by atoms with Crippen LogP contribution in [0, 0.1) is 18.8 Å². The van der Waals surface area contributed by atoms with Gasteiger partial charge in [0.25, 0.3) is 0 Å². The minimum absolute atomic E-state index is 0.0622. The molecular formula is C13H23N5. The van der Waals surface area contributed by atoms with E-state index in [0.29, 0.717) is 24.2 Å². The Morgan fingerprint density at radius 1 is 1.44 bits per heavy atom. The number of pyridine rings is 1. The molecule has 1 fully saturated rings. The lowest BCUT2D eigenvalue weighted by atomic mass is 9.86. The second kappa shape index (κ2) is 5.65. The van der Waals surface area contributed by atoms with Crippen LogP contribution >= 0.6 is 0 Å². The predicted octanol–water partition coefficient (Wildman–Crippen LogP) is -0.364. The van der Waals surface area contributed by atoms with E-state index in [-0.39, 0.29) is 6.04 Å². The number of rotatable bonds is 4. The van der Waals surface area contributed by atoms with E-state index < -0.39 is 0 Å². The molecule has 5 heteroatoms. The summed E-state index contributed by atoms with van der Waals surface area (Å²) in [6, 6.07) is 4.05. The molecule has 0 amide bonds. The minimum atomic E-state index is 0.0622. The minimum Gasteiger partial charge on any atom is -0.384 e. The van der Waals surface area contributed by atoms with Crippen molar-refractivity contribution in [3.63, 3.8) is 0 Å². The highest BCUT2D eigenvalue weighted by Crippen LogP contribution is 2.23.